The van der Waals surface area contributed by atoms with Crippen LogP contribution in [0.5, 0.6) is 5.75 Å². The minimum Gasteiger partial charge on any atom is -0.481 e. The number of hydrogen-bond donors (Lipinski definition) is 1. The molecule has 0 bridgehead atoms. The van der Waals surface area contributed by atoms with Gasteiger partial charge in [0, 0.05) is 5.69 Å². The minimum absolute atomic E-state index is 0.145. The number of aryl methyl sites for hydroxylation is 1. The molecule has 1 N–H and O–H groups in total. The first kappa shape index (κ1) is 19.0. The molecule has 0 unspecified atom stereocenters. The Bertz CT molecular complexity index is 717. The molecule has 3 nitrogen and oxygen atoms in total. The monoisotopic (exact) mass is 339 g/mol. The third-order valence-corrected chi connectivity index (χ3v) is 4.31. The Kier molecular flexibility index (Phi) is 6.24. The molecule has 0 aliphatic heterocycles. The van der Waals surface area contributed by atoms with E-state index in [0.29, 0.717) is 11.8 Å². The molecule has 2 aromatic rings. The fraction of sp³-hybridized carbons (Fsp3) is 0.409. The zero-order valence-corrected chi connectivity index (χ0v) is 16.1. The van der Waals surface area contributed by atoms with Crippen LogP contribution >= 0.6 is 0 Å². The number of anilines is 1. The molecule has 2 aromatic carbocycles. The average molecular weight is 339 g/mol. The molecule has 0 heterocycles. The smallest absolute Gasteiger partial charge is 0.265 e. The molecule has 0 aliphatic rings. The van der Waals surface area contributed by atoms with E-state index in [2.05, 4.69) is 45.1 Å². The molecule has 0 radical (unpaired) electrons. The second-order valence-electron chi connectivity index (χ2n) is 7.22. The summed E-state index contributed by atoms with van der Waals surface area (Å²) in [6.07, 6.45) is -0.566. The summed E-state index contributed by atoms with van der Waals surface area (Å²) in [5.74, 6) is 1.46. The van der Waals surface area contributed by atoms with Gasteiger partial charge in [-0.15, -0.1) is 0 Å². The maximum absolute atomic E-state index is 12.5. The molecule has 0 aromatic heterocycles. The van der Waals surface area contributed by atoms with Crippen molar-refractivity contribution in [1.29, 1.82) is 0 Å². The lowest BCUT2D eigenvalue weighted by molar-refractivity contribution is -0.122. The number of carbonyl (C=O) groups is 1. The van der Waals surface area contributed by atoms with E-state index in [1.165, 1.54) is 5.56 Å². The number of carbonyl (C=O) groups excluding carboxylic acids is 1. The average Bonchev–Trinajstić information content (AvgIpc) is 2.55. The van der Waals surface area contributed by atoms with Gasteiger partial charge in [-0.05, 0) is 60.6 Å². The summed E-state index contributed by atoms with van der Waals surface area (Å²) in [7, 11) is 0. The zero-order chi connectivity index (χ0) is 18.6. The van der Waals surface area contributed by atoms with Gasteiger partial charge in [0.25, 0.3) is 5.91 Å². The molecule has 1 atom stereocenters. The summed E-state index contributed by atoms with van der Waals surface area (Å²) in [4.78, 5) is 12.5. The van der Waals surface area contributed by atoms with Gasteiger partial charge in [0.05, 0.1) is 0 Å². The van der Waals surface area contributed by atoms with Crippen LogP contribution in [0.1, 0.15) is 63.1 Å². The molecule has 0 aliphatic carbocycles. The molecule has 0 spiro atoms. The minimum atomic E-state index is -0.566. The summed E-state index contributed by atoms with van der Waals surface area (Å²) in [5, 5.41) is 2.93. The van der Waals surface area contributed by atoms with Crippen LogP contribution in [0, 0.1) is 6.92 Å². The molecule has 3 heteroatoms. The lowest BCUT2D eigenvalue weighted by atomic mass is 10.0. The first-order valence-electron chi connectivity index (χ1n) is 8.96. The first-order valence-corrected chi connectivity index (χ1v) is 8.96. The van der Waals surface area contributed by atoms with E-state index < -0.39 is 6.10 Å². The van der Waals surface area contributed by atoms with Crippen LogP contribution in [0.15, 0.2) is 42.5 Å². The van der Waals surface area contributed by atoms with Crippen molar-refractivity contribution < 1.29 is 9.53 Å². The first-order chi connectivity index (χ1) is 11.8. The van der Waals surface area contributed by atoms with Gasteiger partial charge in [-0.25, -0.2) is 0 Å². The van der Waals surface area contributed by atoms with Crippen molar-refractivity contribution in [3.63, 3.8) is 0 Å². The van der Waals surface area contributed by atoms with Crippen LogP contribution in [-0.4, -0.2) is 12.0 Å². The molecule has 0 fully saturated rings. The van der Waals surface area contributed by atoms with Gasteiger partial charge < -0.3 is 10.1 Å². The number of benzene rings is 2. The molecular formula is C22H29NO2. The van der Waals surface area contributed by atoms with E-state index in [1.54, 1.807) is 6.92 Å². The van der Waals surface area contributed by atoms with Crippen LogP contribution in [0.3, 0.4) is 0 Å². The van der Waals surface area contributed by atoms with E-state index in [9.17, 15) is 4.79 Å². The van der Waals surface area contributed by atoms with Crippen LogP contribution in [0.2, 0.25) is 0 Å². The quantitative estimate of drug-likeness (QED) is 0.739. The zero-order valence-electron chi connectivity index (χ0n) is 16.1. The van der Waals surface area contributed by atoms with Crippen LogP contribution in [0.4, 0.5) is 5.69 Å². The molecule has 0 saturated heterocycles. The van der Waals surface area contributed by atoms with E-state index >= 15 is 0 Å². The van der Waals surface area contributed by atoms with Gasteiger partial charge in [-0.3, -0.25) is 4.79 Å². The van der Waals surface area contributed by atoms with Gasteiger partial charge >= 0.3 is 0 Å². The van der Waals surface area contributed by atoms with Crippen LogP contribution in [-0.2, 0) is 4.79 Å². The second kappa shape index (κ2) is 8.19. The predicted octanol–water partition coefficient (Wildman–Crippen LogP) is 5.65. The van der Waals surface area contributed by atoms with Gasteiger partial charge in [0.15, 0.2) is 6.10 Å². The lowest BCUT2D eigenvalue weighted by Crippen LogP contribution is -2.30. The Morgan fingerprint density at radius 2 is 1.56 bits per heavy atom. The van der Waals surface area contributed by atoms with Crippen molar-refractivity contribution >= 4 is 11.6 Å². The fourth-order valence-corrected chi connectivity index (χ4v) is 2.66. The Labute approximate surface area is 151 Å². The highest BCUT2D eigenvalue weighted by Gasteiger charge is 2.18. The standard InChI is InChI=1S/C22H29NO2/c1-14(2)18-8-10-19(11-9-18)23-22(24)17(6)25-21-13-16(5)7-12-20(21)15(3)4/h7-15,17H,1-6H3,(H,23,24)/t17-/m0/s1. The van der Waals surface area contributed by atoms with E-state index in [1.807, 2.05) is 37.3 Å². The predicted molar refractivity (Wildman–Crippen MR) is 105 cm³/mol. The van der Waals surface area contributed by atoms with Gasteiger partial charge in [-0.1, -0.05) is 52.0 Å². The van der Waals surface area contributed by atoms with Crippen molar-refractivity contribution in [3.8, 4) is 5.75 Å². The van der Waals surface area contributed by atoms with E-state index in [4.69, 9.17) is 4.74 Å². The van der Waals surface area contributed by atoms with Gasteiger partial charge in [-0.2, -0.15) is 0 Å². The molecule has 134 valence electrons. The summed E-state index contributed by atoms with van der Waals surface area (Å²) in [6.45, 7) is 12.4. The molecular weight excluding hydrogens is 310 g/mol. The third kappa shape index (κ3) is 5.09. The molecule has 25 heavy (non-hydrogen) atoms. The topological polar surface area (TPSA) is 38.3 Å². The van der Waals surface area contributed by atoms with Gasteiger partial charge in [0.2, 0.25) is 0 Å². The van der Waals surface area contributed by atoms with Crippen molar-refractivity contribution in [2.75, 3.05) is 5.32 Å². The molecule has 1 amide bonds. The van der Waals surface area contributed by atoms with Crippen molar-refractivity contribution in [3.05, 3.63) is 59.2 Å². The molecule has 0 saturated carbocycles. The fourth-order valence-electron chi connectivity index (χ4n) is 2.66. The van der Waals surface area contributed by atoms with Crippen molar-refractivity contribution in [2.45, 2.75) is 59.5 Å². The molecule has 2 rings (SSSR count). The Hall–Kier alpha value is -2.29. The second-order valence-corrected chi connectivity index (χ2v) is 7.22. The summed E-state index contributed by atoms with van der Waals surface area (Å²) in [6, 6.07) is 14.1. The highest BCUT2D eigenvalue weighted by molar-refractivity contribution is 5.94. The number of hydrogen-bond acceptors (Lipinski definition) is 2. The Morgan fingerprint density at radius 1 is 0.920 bits per heavy atom. The number of nitrogens with one attached hydrogen (secondary N) is 1. The summed E-state index contributed by atoms with van der Waals surface area (Å²) >= 11 is 0. The Balaban J connectivity index is 2.06. The van der Waals surface area contributed by atoms with E-state index in [-0.39, 0.29) is 5.91 Å². The highest BCUT2D eigenvalue weighted by Crippen LogP contribution is 2.28. The summed E-state index contributed by atoms with van der Waals surface area (Å²) < 4.78 is 5.97. The van der Waals surface area contributed by atoms with Crippen LogP contribution < -0.4 is 10.1 Å². The largest absolute Gasteiger partial charge is 0.481 e. The normalized spacial score (nSPS) is 12.3. The SMILES string of the molecule is Cc1ccc(C(C)C)c(O[C@@H](C)C(=O)Nc2ccc(C(C)C)cc2)c1. The van der Waals surface area contributed by atoms with Gasteiger partial charge in [0.1, 0.15) is 5.75 Å². The van der Waals surface area contributed by atoms with E-state index in [0.717, 1.165) is 22.6 Å². The van der Waals surface area contributed by atoms with Crippen molar-refractivity contribution in [1.82, 2.24) is 0 Å². The number of ether oxygens (including phenoxy) is 1. The Morgan fingerprint density at radius 3 is 2.12 bits per heavy atom. The summed E-state index contributed by atoms with van der Waals surface area (Å²) in [5.41, 5.74) is 4.28. The highest BCUT2D eigenvalue weighted by atomic mass is 16.5. The lowest BCUT2D eigenvalue weighted by Gasteiger charge is -2.19. The number of amides is 1. The number of rotatable bonds is 6. The third-order valence-electron chi connectivity index (χ3n) is 4.31. The maximum atomic E-state index is 12.5. The maximum Gasteiger partial charge on any atom is 0.265 e. The van der Waals surface area contributed by atoms with Crippen molar-refractivity contribution in [2.24, 2.45) is 0 Å². The van der Waals surface area contributed by atoms with Crippen LogP contribution in [0.25, 0.3) is 0 Å².